The highest BCUT2D eigenvalue weighted by atomic mass is 28.4. The standard InChI is InChI=1S/C7H15NOSi/c1-5-7(6-8)9-10(2,3)4/h7H,5H2,1-4H3/t7-/m1/s1. The van der Waals surface area contributed by atoms with Gasteiger partial charge in [-0.2, -0.15) is 5.26 Å². The molecule has 0 aromatic heterocycles. The lowest BCUT2D eigenvalue weighted by Crippen LogP contribution is -2.30. The largest absolute Gasteiger partial charge is 0.402 e. The van der Waals surface area contributed by atoms with Gasteiger partial charge in [0.05, 0.1) is 6.07 Å². The van der Waals surface area contributed by atoms with Crippen molar-refractivity contribution >= 4 is 8.32 Å². The Morgan fingerprint density at radius 3 is 2.10 bits per heavy atom. The predicted molar refractivity (Wildman–Crippen MR) is 44.1 cm³/mol. The molecule has 0 aromatic carbocycles. The van der Waals surface area contributed by atoms with E-state index in [2.05, 4.69) is 25.7 Å². The van der Waals surface area contributed by atoms with Crippen LogP contribution in [0.3, 0.4) is 0 Å². The summed E-state index contributed by atoms with van der Waals surface area (Å²) in [4.78, 5) is 0. The highest BCUT2D eigenvalue weighted by Crippen LogP contribution is 2.08. The summed E-state index contributed by atoms with van der Waals surface area (Å²) >= 11 is 0. The molecule has 0 N–H and O–H groups in total. The van der Waals surface area contributed by atoms with Crippen molar-refractivity contribution in [3.8, 4) is 6.07 Å². The van der Waals surface area contributed by atoms with E-state index in [1.165, 1.54) is 0 Å². The molecule has 0 heterocycles. The maximum Gasteiger partial charge on any atom is 0.185 e. The van der Waals surface area contributed by atoms with Crippen LogP contribution < -0.4 is 0 Å². The summed E-state index contributed by atoms with van der Waals surface area (Å²) in [5, 5.41) is 8.54. The van der Waals surface area contributed by atoms with Gasteiger partial charge in [-0.1, -0.05) is 6.92 Å². The summed E-state index contributed by atoms with van der Waals surface area (Å²) in [5.74, 6) is 0. The minimum Gasteiger partial charge on any atom is -0.402 e. The van der Waals surface area contributed by atoms with Gasteiger partial charge in [-0.25, -0.2) is 0 Å². The van der Waals surface area contributed by atoms with Crippen molar-refractivity contribution in [2.75, 3.05) is 0 Å². The van der Waals surface area contributed by atoms with Crippen LogP contribution in [0.15, 0.2) is 0 Å². The molecule has 2 nitrogen and oxygen atoms in total. The molecular formula is C7H15NOSi. The second-order valence-corrected chi connectivity index (χ2v) is 7.72. The predicted octanol–water partition coefficient (Wildman–Crippen LogP) is 2.14. The molecule has 0 spiro atoms. The average molecular weight is 157 g/mol. The first kappa shape index (κ1) is 9.67. The van der Waals surface area contributed by atoms with E-state index in [1.54, 1.807) is 0 Å². The average Bonchev–Trinajstić information content (AvgIpc) is 1.81. The molecule has 0 fully saturated rings. The Balaban J connectivity index is 3.78. The van der Waals surface area contributed by atoms with Crippen LogP contribution in [0, 0.1) is 11.3 Å². The van der Waals surface area contributed by atoms with Crippen molar-refractivity contribution in [2.45, 2.75) is 39.1 Å². The lowest BCUT2D eigenvalue weighted by molar-refractivity contribution is 0.245. The molecule has 0 radical (unpaired) electrons. The van der Waals surface area contributed by atoms with Gasteiger partial charge in [0.2, 0.25) is 0 Å². The first-order valence-electron chi connectivity index (χ1n) is 3.57. The van der Waals surface area contributed by atoms with Gasteiger partial charge in [-0.15, -0.1) is 0 Å². The molecule has 0 rings (SSSR count). The Labute approximate surface area is 63.9 Å². The van der Waals surface area contributed by atoms with Gasteiger partial charge < -0.3 is 4.43 Å². The maximum atomic E-state index is 8.54. The first-order valence-corrected chi connectivity index (χ1v) is 6.98. The summed E-state index contributed by atoms with van der Waals surface area (Å²) in [5.41, 5.74) is 0. The Bertz CT molecular complexity index is 134. The van der Waals surface area contributed by atoms with E-state index in [9.17, 15) is 0 Å². The highest BCUT2D eigenvalue weighted by Gasteiger charge is 2.18. The molecule has 0 amide bonds. The van der Waals surface area contributed by atoms with Crippen LogP contribution in [-0.4, -0.2) is 14.4 Å². The number of nitriles is 1. The summed E-state index contributed by atoms with van der Waals surface area (Å²) in [6, 6.07) is 2.12. The van der Waals surface area contributed by atoms with Crippen molar-refractivity contribution in [1.82, 2.24) is 0 Å². The molecule has 58 valence electrons. The Kier molecular flexibility index (Phi) is 3.62. The Hall–Kier alpha value is -0.333. The fourth-order valence-electron chi connectivity index (χ4n) is 0.628. The zero-order chi connectivity index (χ0) is 8.20. The van der Waals surface area contributed by atoms with E-state index in [1.807, 2.05) is 6.92 Å². The van der Waals surface area contributed by atoms with Gasteiger partial charge >= 0.3 is 0 Å². The SMILES string of the molecule is CC[C@H](C#N)O[Si](C)(C)C. The maximum absolute atomic E-state index is 8.54. The van der Waals surface area contributed by atoms with Crippen LogP contribution in [0.25, 0.3) is 0 Å². The van der Waals surface area contributed by atoms with Gasteiger partial charge in [0.15, 0.2) is 8.32 Å². The number of hydrogen-bond donors (Lipinski definition) is 0. The van der Waals surface area contributed by atoms with Crippen LogP contribution in [0.2, 0.25) is 19.6 Å². The minimum atomic E-state index is -1.48. The van der Waals surface area contributed by atoms with Crippen molar-refractivity contribution in [3.63, 3.8) is 0 Å². The van der Waals surface area contributed by atoms with Gasteiger partial charge in [-0.05, 0) is 26.1 Å². The summed E-state index contributed by atoms with van der Waals surface area (Å²) < 4.78 is 5.51. The van der Waals surface area contributed by atoms with Gasteiger partial charge in [0.25, 0.3) is 0 Å². The molecule has 0 aliphatic heterocycles. The van der Waals surface area contributed by atoms with E-state index < -0.39 is 8.32 Å². The second kappa shape index (κ2) is 3.74. The summed E-state index contributed by atoms with van der Waals surface area (Å²) in [7, 11) is -1.48. The molecule has 3 heteroatoms. The van der Waals surface area contributed by atoms with Crippen molar-refractivity contribution in [2.24, 2.45) is 0 Å². The number of nitrogens with zero attached hydrogens (tertiary/aromatic N) is 1. The van der Waals surface area contributed by atoms with Gasteiger partial charge in [0, 0.05) is 0 Å². The fraction of sp³-hybridized carbons (Fsp3) is 0.857. The third-order valence-electron chi connectivity index (χ3n) is 1.01. The highest BCUT2D eigenvalue weighted by molar-refractivity contribution is 6.69. The monoisotopic (exact) mass is 157 g/mol. The molecule has 0 aromatic rings. The van der Waals surface area contributed by atoms with Crippen LogP contribution in [-0.2, 0) is 4.43 Å². The van der Waals surface area contributed by atoms with Crippen molar-refractivity contribution in [3.05, 3.63) is 0 Å². The lowest BCUT2D eigenvalue weighted by atomic mass is 10.3. The third-order valence-corrected chi connectivity index (χ3v) is 2.00. The summed E-state index contributed by atoms with van der Waals surface area (Å²) in [6.07, 6.45) is 0.604. The Morgan fingerprint density at radius 2 is 2.00 bits per heavy atom. The summed E-state index contributed by atoms with van der Waals surface area (Å²) in [6.45, 7) is 8.24. The van der Waals surface area contributed by atoms with Gasteiger partial charge in [0.1, 0.15) is 6.10 Å². The normalized spacial score (nSPS) is 14.3. The smallest absolute Gasteiger partial charge is 0.185 e. The minimum absolute atomic E-state index is 0.188. The van der Waals surface area contributed by atoms with Crippen molar-refractivity contribution < 1.29 is 4.43 Å². The lowest BCUT2D eigenvalue weighted by Gasteiger charge is -2.20. The zero-order valence-corrected chi connectivity index (χ0v) is 8.14. The van der Waals surface area contributed by atoms with E-state index >= 15 is 0 Å². The second-order valence-electron chi connectivity index (χ2n) is 3.26. The van der Waals surface area contributed by atoms with E-state index in [0.717, 1.165) is 6.42 Å². The van der Waals surface area contributed by atoms with Crippen molar-refractivity contribution in [1.29, 1.82) is 5.26 Å². The fourth-order valence-corrected chi connectivity index (χ4v) is 1.70. The van der Waals surface area contributed by atoms with Crippen LogP contribution in [0.1, 0.15) is 13.3 Å². The molecule has 1 atom stereocenters. The molecule has 0 aliphatic rings. The molecule has 0 saturated carbocycles. The van der Waals surface area contributed by atoms with Gasteiger partial charge in [-0.3, -0.25) is 0 Å². The third kappa shape index (κ3) is 4.54. The Morgan fingerprint density at radius 1 is 1.50 bits per heavy atom. The van der Waals surface area contributed by atoms with Crippen LogP contribution >= 0.6 is 0 Å². The first-order chi connectivity index (χ1) is 4.49. The van der Waals surface area contributed by atoms with E-state index in [4.69, 9.17) is 9.69 Å². The molecule has 0 unspecified atom stereocenters. The molecule has 0 aliphatic carbocycles. The zero-order valence-electron chi connectivity index (χ0n) is 7.14. The quantitative estimate of drug-likeness (QED) is 0.588. The molecule has 10 heavy (non-hydrogen) atoms. The number of rotatable bonds is 3. The molecule has 0 bridgehead atoms. The van der Waals surface area contributed by atoms with Crippen LogP contribution in [0.4, 0.5) is 0 Å². The molecule has 0 saturated heterocycles. The topological polar surface area (TPSA) is 33.0 Å². The number of hydrogen-bond acceptors (Lipinski definition) is 2. The molecular weight excluding hydrogens is 142 g/mol. The van der Waals surface area contributed by atoms with E-state index in [0.29, 0.717) is 0 Å². The van der Waals surface area contributed by atoms with E-state index in [-0.39, 0.29) is 6.10 Å². The van der Waals surface area contributed by atoms with Crippen LogP contribution in [0.5, 0.6) is 0 Å².